The number of carbonyl (C=O) groups excluding carboxylic acids is 1. The molecule has 1 aliphatic rings. The summed E-state index contributed by atoms with van der Waals surface area (Å²) in [5, 5.41) is 1.14. The van der Waals surface area contributed by atoms with Crippen LogP contribution in [0.4, 0.5) is 4.39 Å². The number of piperidine rings is 1. The van der Waals surface area contributed by atoms with Gasteiger partial charge in [-0.3, -0.25) is 9.69 Å². The second-order valence-corrected chi connectivity index (χ2v) is 8.56. The Hall–Kier alpha value is -2.31. The van der Waals surface area contributed by atoms with E-state index < -0.39 is 0 Å². The molecule has 1 aromatic heterocycles. The highest BCUT2D eigenvalue weighted by atomic mass is 32.1. The normalized spacial score (nSPS) is 17.4. The van der Waals surface area contributed by atoms with E-state index in [9.17, 15) is 9.18 Å². The quantitative estimate of drug-likeness (QED) is 0.645. The maximum absolute atomic E-state index is 13.0. The van der Waals surface area contributed by atoms with Gasteiger partial charge in [-0.25, -0.2) is 9.37 Å². The maximum Gasteiger partial charge on any atom is 0.236 e. The van der Waals surface area contributed by atoms with E-state index >= 15 is 0 Å². The molecule has 3 aromatic rings. The van der Waals surface area contributed by atoms with Crippen LogP contribution in [-0.4, -0.2) is 47.4 Å². The lowest BCUT2D eigenvalue weighted by Crippen LogP contribution is -2.43. The minimum absolute atomic E-state index is 0.149. The van der Waals surface area contributed by atoms with Gasteiger partial charge in [-0.2, -0.15) is 0 Å². The first-order valence-electron chi connectivity index (χ1n) is 9.65. The van der Waals surface area contributed by atoms with Gasteiger partial charge in [-0.05, 0) is 49.7 Å². The number of nitrogens with zero attached hydrogens (tertiary/aromatic N) is 3. The van der Waals surface area contributed by atoms with E-state index in [1.165, 1.54) is 16.8 Å². The van der Waals surface area contributed by atoms with Crippen LogP contribution in [0.25, 0.3) is 10.2 Å². The van der Waals surface area contributed by atoms with E-state index in [0.717, 1.165) is 42.0 Å². The second-order valence-electron chi connectivity index (χ2n) is 7.50. The highest BCUT2D eigenvalue weighted by Gasteiger charge is 2.27. The zero-order chi connectivity index (χ0) is 19.5. The van der Waals surface area contributed by atoms with Crippen molar-refractivity contribution >= 4 is 27.5 Å². The van der Waals surface area contributed by atoms with Crippen LogP contribution in [0.1, 0.15) is 29.3 Å². The van der Waals surface area contributed by atoms with Crippen LogP contribution < -0.4 is 0 Å². The number of carbonyl (C=O) groups is 1. The second kappa shape index (κ2) is 8.37. The molecule has 0 unspecified atom stereocenters. The summed E-state index contributed by atoms with van der Waals surface area (Å²) in [5.41, 5.74) is 2.05. The molecule has 1 saturated heterocycles. The van der Waals surface area contributed by atoms with Gasteiger partial charge in [0.15, 0.2) is 0 Å². The topological polar surface area (TPSA) is 36.4 Å². The Bertz CT molecular complexity index is 923. The zero-order valence-electron chi connectivity index (χ0n) is 16.0. The number of likely N-dealkylation sites (N-methyl/N-ethyl adjacent to an activating group) is 1. The van der Waals surface area contributed by atoms with Gasteiger partial charge in [0.05, 0.1) is 21.8 Å². The third-order valence-corrected chi connectivity index (χ3v) is 6.40. The molecule has 0 saturated carbocycles. The van der Waals surface area contributed by atoms with Crippen molar-refractivity contribution < 1.29 is 9.18 Å². The molecule has 1 aliphatic heterocycles. The summed E-state index contributed by atoms with van der Waals surface area (Å²) >= 11 is 1.74. The Balaban J connectivity index is 1.36. The van der Waals surface area contributed by atoms with Crippen LogP contribution in [0.15, 0.2) is 48.5 Å². The number of halogens is 1. The predicted octanol–water partition coefficient (Wildman–Crippen LogP) is 4.27. The molecule has 4 nitrogen and oxygen atoms in total. The Kier molecular flexibility index (Phi) is 5.69. The number of fused-ring (bicyclic) bond motifs is 1. The van der Waals surface area contributed by atoms with E-state index in [0.29, 0.717) is 19.0 Å². The summed E-state index contributed by atoms with van der Waals surface area (Å²) in [5.74, 6) is 0.226. The Morgan fingerprint density at radius 3 is 2.82 bits per heavy atom. The zero-order valence-corrected chi connectivity index (χ0v) is 16.8. The largest absolute Gasteiger partial charge is 0.341 e. The SMILES string of the molecule is CN(CC(=O)N1CCC[C@H](c2nc3ccccc3s2)C1)Cc1ccc(F)cc1. The predicted molar refractivity (Wildman–Crippen MR) is 111 cm³/mol. The average Bonchev–Trinajstić information content (AvgIpc) is 3.14. The number of hydrogen-bond donors (Lipinski definition) is 0. The highest BCUT2D eigenvalue weighted by molar-refractivity contribution is 7.18. The van der Waals surface area contributed by atoms with Crippen LogP contribution in [0.5, 0.6) is 0 Å². The summed E-state index contributed by atoms with van der Waals surface area (Å²) < 4.78 is 14.3. The lowest BCUT2D eigenvalue weighted by Gasteiger charge is -2.33. The summed E-state index contributed by atoms with van der Waals surface area (Å²) in [6, 6.07) is 14.6. The Labute approximate surface area is 168 Å². The van der Waals surface area contributed by atoms with Crippen LogP contribution >= 0.6 is 11.3 Å². The van der Waals surface area contributed by atoms with Crippen LogP contribution in [-0.2, 0) is 11.3 Å². The fourth-order valence-corrected chi connectivity index (χ4v) is 4.85. The van der Waals surface area contributed by atoms with Crippen molar-refractivity contribution in [2.24, 2.45) is 0 Å². The van der Waals surface area contributed by atoms with E-state index in [-0.39, 0.29) is 11.7 Å². The van der Waals surface area contributed by atoms with Crippen LogP contribution in [0.3, 0.4) is 0 Å². The lowest BCUT2D eigenvalue weighted by atomic mass is 9.98. The van der Waals surface area contributed by atoms with E-state index in [4.69, 9.17) is 4.98 Å². The molecule has 1 amide bonds. The minimum atomic E-state index is -0.239. The average molecular weight is 398 g/mol. The molecular weight excluding hydrogens is 373 g/mol. The number of hydrogen-bond acceptors (Lipinski definition) is 4. The Morgan fingerprint density at radius 2 is 2.04 bits per heavy atom. The number of likely N-dealkylation sites (tertiary alicyclic amines) is 1. The molecule has 1 atom stereocenters. The third-order valence-electron chi connectivity index (χ3n) is 5.20. The van der Waals surface area contributed by atoms with Crippen molar-refractivity contribution in [2.75, 3.05) is 26.7 Å². The molecule has 0 aliphatic carbocycles. The van der Waals surface area contributed by atoms with Crippen molar-refractivity contribution in [1.82, 2.24) is 14.8 Å². The van der Waals surface area contributed by atoms with Crippen molar-refractivity contribution in [3.63, 3.8) is 0 Å². The van der Waals surface area contributed by atoms with Gasteiger partial charge in [-0.15, -0.1) is 11.3 Å². The van der Waals surface area contributed by atoms with Gasteiger partial charge < -0.3 is 4.90 Å². The summed E-state index contributed by atoms with van der Waals surface area (Å²) in [7, 11) is 1.93. The maximum atomic E-state index is 13.0. The first-order valence-corrected chi connectivity index (χ1v) is 10.5. The molecule has 0 N–H and O–H groups in total. The molecule has 28 heavy (non-hydrogen) atoms. The van der Waals surface area contributed by atoms with Crippen LogP contribution in [0, 0.1) is 5.82 Å². The highest BCUT2D eigenvalue weighted by Crippen LogP contribution is 2.33. The monoisotopic (exact) mass is 397 g/mol. The van der Waals surface area contributed by atoms with Gasteiger partial charge in [0.1, 0.15) is 5.82 Å². The molecule has 1 fully saturated rings. The molecule has 0 bridgehead atoms. The fourth-order valence-electron chi connectivity index (χ4n) is 3.76. The van der Waals surface area contributed by atoms with Gasteiger partial charge in [0.2, 0.25) is 5.91 Å². The Morgan fingerprint density at radius 1 is 1.25 bits per heavy atom. The van der Waals surface area contributed by atoms with Crippen molar-refractivity contribution in [3.05, 3.63) is 64.9 Å². The van der Waals surface area contributed by atoms with Crippen molar-refractivity contribution in [1.29, 1.82) is 0 Å². The van der Waals surface area contributed by atoms with Gasteiger partial charge in [0, 0.05) is 25.6 Å². The number of aromatic nitrogens is 1. The van der Waals surface area contributed by atoms with Gasteiger partial charge >= 0.3 is 0 Å². The summed E-state index contributed by atoms with van der Waals surface area (Å²) in [6.45, 7) is 2.54. The van der Waals surface area contributed by atoms with Gasteiger partial charge in [0.25, 0.3) is 0 Å². The van der Waals surface area contributed by atoms with Crippen LogP contribution in [0.2, 0.25) is 0 Å². The van der Waals surface area contributed by atoms with E-state index in [1.807, 2.05) is 35.0 Å². The number of rotatable bonds is 5. The molecule has 6 heteroatoms. The molecule has 146 valence electrons. The molecule has 2 heterocycles. The number of benzene rings is 2. The molecule has 0 spiro atoms. The third kappa shape index (κ3) is 4.39. The smallest absolute Gasteiger partial charge is 0.236 e. The first kappa shape index (κ1) is 19.0. The summed E-state index contributed by atoms with van der Waals surface area (Å²) in [4.78, 5) is 21.6. The standard InChI is InChI=1S/C22H24FN3OS/c1-25(13-16-8-10-18(23)11-9-16)15-21(27)26-12-4-5-17(14-26)22-24-19-6-2-3-7-20(19)28-22/h2-3,6-11,17H,4-5,12-15H2,1H3/t17-/m0/s1. The van der Waals surface area contributed by atoms with Crippen molar-refractivity contribution in [2.45, 2.75) is 25.3 Å². The molecule has 4 rings (SSSR count). The lowest BCUT2D eigenvalue weighted by molar-refractivity contribution is -0.133. The first-order chi connectivity index (χ1) is 13.6. The van der Waals surface area contributed by atoms with E-state index in [2.05, 4.69) is 6.07 Å². The van der Waals surface area contributed by atoms with Gasteiger partial charge in [-0.1, -0.05) is 24.3 Å². The van der Waals surface area contributed by atoms with Crippen molar-refractivity contribution in [3.8, 4) is 0 Å². The van der Waals surface area contributed by atoms with E-state index in [1.54, 1.807) is 23.5 Å². The number of para-hydroxylation sites is 1. The minimum Gasteiger partial charge on any atom is -0.341 e. The molecular formula is C22H24FN3OS. The number of thiazole rings is 1. The molecule has 0 radical (unpaired) electrons. The molecule has 2 aromatic carbocycles. The number of amides is 1. The fraction of sp³-hybridized carbons (Fsp3) is 0.364. The summed E-state index contributed by atoms with van der Waals surface area (Å²) in [6.07, 6.45) is 2.09.